The first-order valence-electron chi connectivity index (χ1n) is 10.5. The Morgan fingerprint density at radius 2 is 1.76 bits per heavy atom. The number of benzene rings is 3. The number of rotatable bonds is 5. The standard InChI is InChI=1S/C25H20N2O6/c28-23(26-18-8-10-21-22(14-18)31-12-4-11-30-21)15-32-25(29)17-7-9-20-19(13-17)24(33-27-20)16-5-2-1-3-6-16/h1-3,5-10,13-14H,4,11-12,15H2,(H,26,28). The van der Waals surface area contributed by atoms with E-state index in [1.807, 2.05) is 30.3 Å². The van der Waals surface area contributed by atoms with Crippen molar-refractivity contribution >= 4 is 28.5 Å². The Bertz CT molecular complexity index is 1320. The Morgan fingerprint density at radius 1 is 0.939 bits per heavy atom. The minimum absolute atomic E-state index is 0.297. The lowest BCUT2D eigenvalue weighted by Gasteiger charge is -2.10. The lowest BCUT2D eigenvalue weighted by atomic mass is 10.1. The lowest BCUT2D eigenvalue weighted by Crippen LogP contribution is -2.21. The van der Waals surface area contributed by atoms with E-state index < -0.39 is 18.5 Å². The van der Waals surface area contributed by atoms with Crippen LogP contribution in [0.1, 0.15) is 16.8 Å². The number of nitrogens with one attached hydrogen (secondary N) is 1. The lowest BCUT2D eigenvalue weighted by molar-refractivity contribution is -0.119. The second-order valence-electron chi connectivity index (χ2n) is 7.45. The number of ether oxygens (including phenoxy) is 3. The molecule has 8 heteroatoms. The van der Waals surface area contributed by atoms with Gasteiger partial charge in [0, 0.05) is 23.7 Å². The summed E-state index contributed by atoms with van der Waals surface area (Å²) in [6.07, 6.45) is 0.792. The predicted molar refractivity (Wildman–Crippen MR) is 120 cm³/mol. The second-order valence-corrected chi connectivity index (χ2v) is 7.45. The number of carbonyl (C=O) groups is 2. The molecule has 0 atom stereocenters. The van der Waals surface area contributed by atoms with Crippen LogP contribution in [0.15, 0.2) is 71.3 Å². The summed E-state index contributed by atoms with van der Waals surface area (Å²) in [5.41, 5.74) is 2.29. The molecule has 5 rings (SSSR count). The fourth-order valence-electron chi connectivity index (χ4n) is 3.52. The molecule has 8 nitrogen and oxygen atoms in total. The summed E-state index contributed by atoms with van der Waals surface area (Å²) in [6.45, 7) is 0.702. The first-order chi connectivity index (χ1) is 16.2. The fraction of sp³-hybridized carbons (Fsp3) is 0.160. The van der Waals surface area contributed by atoms with Crippen LogP contribution in [-0.2, 0) is 9.53 Å². The number of hydrogen-bond donors (Lipinski definition) is 1. The van der Waals surface area contributed by atoms with E-state index in [-0.39, 0.29) is 0 Å². The molecule has 0 spiro atoms. The van der Waals surface area contributed by atoms with Crippen LogP contribution in [0.2, 0.25) is 0 Å². The molecule has 4 aromatic rings. The van der Waals surface area contributed by atoms with E-state index in [9.17, 15) is 9.59 Å². The Balaban J connectivity index is 1.24. The van der Waals surface area contributed by atoms with Crippen LogP contribution in [0.4, 0.5) is 5.69 Å². The summed E-state index contributed by atoms with van der Waals surface area (Å²) in [4.78, 5) is 24.9. The van der Waals surface area contributed by atoms with Crippen molar-refractivity contribution in [2.45, 2.75) is 6.42 Å². The van der Waals surface area contributed by atoms with E-state index in [0.29, 0.717) is 52.6 Å². The zero-order chi connectivity index (χ0) is 22.6. The van der Waals surface area contributed by atoms with Gasteiger partial charge >= 0.3 is 5.97 Å². The van der Waals surface area contributed by atoms with Crippen LogP contribution < -0.4 is 14.8 Å². The van der Waals surface area contributed by atoms with Gasteiger partial charge < -0.3 is 24.1 Å². The van der Waals surface area contributed by atoms with Gasteiger partial charge in [-0.15, -0.1) is 0 Å². The maximum atomic E-state index is 12.6. The number of aromatic nitrogens is 1. The van der Waals surface area contributed by atoms with Gasteiger partial charge in [-0.1, -0.05) is 35.5 Å². The van der Waals surface area contributed by atoms with Gasteiger partial charge in [-0.3, -0.25) is 4.79 Å². The van der Waals surface area contributed by atoms with Gasteiger partial charge in [0.05, 0.1) is 24.2 Å². The van der Waals surface area contributed by atoms with Crippen molar-refractivity contribution < 1.29 is 28.3 Å². The molecule has 0 unspecified atom stereocenters. The van der Waals surface area contributed by atoms with Crippen LogP contribution in [-0.4, -0.2) is 36.9 Å². The van der Waals surface area contributed by atoms with Crippen LogP contribution in [0, 0.1) is 0 Å². The first kappa shape index (κ1) is 20.6. The van der Waals surface area contributed by atoms with E-state index in [2.05, 4.69) is 10.5 Å². The summed E-state index contributed by atoms with van der Waals surface area (Å²) in [5.74, 6) is 0.682. The molecule has 1 aliphatic heterocycles. The minimum Gasteiger partial charge on any atom is -0.490 e. The number of nitrogens with zero attached hydrogens (tertiary/aromatic N) is 1. The van der Waals surface area contributed by atoms with Crippen molar-refractivity contribution in [2.75, 3.05) is 25.1 Å². The van der Waals surface area contributed by atoms with Crippen LogP contribution in [0.5, 0.6) is 11.5 Å². The quantitative estimate of drug-likeness (QED) is 0.454. The molecule has 0 bridgehead atoms. The number of hydrogen-bond acceptors (Lipinski definition) is 7. The summed E-state index contributed by atoms with van der Waals surface area (Å²) in [5, 5.41) is 7.43. The molecular formula is C25H20N2O6. The molecule has 0 aliphatic carbocycles. The molecule has 0 saturated carbocycles. The van der Waals surface area contributed by atoms with Gasteiger partial charge in [0.2, 0.25) is 0 Å². The number of anilines is 1. The third kappa shape index (κ3) is 4.50. The summed E-state index contributed by atoms with van der Waals surface area (Å²) >= 11 is 0. The van der Waals surface area contributed by atoms with Crippen LogP contribution in [0.3, 0.4) is 0 Å². The highest BCUT2D eigenvalue weighted by atomic mass is 16.5. The van der Waals surface area contributed by atoms with E-state index >= 15 is 0 Å². The van der Waals surface area contributed by atoms with E-state index in [0.717, 1.165) is 12.0 Å². The minimum atomic E-state index is -0.620. The molecule has 0 radical (unpaired) electrons. The van der Waals surface area contributed by atoms with Gasteiger partial charge in [-0.2, -0.15) is 0 Å². The molecule has 0 saturated heterocycles. The normalized spacial score (nSPS) is 12.7. The van der Waals surface area contributed by atoms with Crippen LogP contribution >= 0.6 is 0 Å². The molecule has 33 heavy (non-hydrogen) atoms. The van der Waals surface area contributed by atoms with Gasteiger partial charge in [0.25, 0.3) is 5.91 Å². The summed E-state index contributed by atoms with van der Waals surface area (Å²) < 4.78 is 21.9. The van der Waals surface area contributed by atoms with E-state index in [1.54, 1.807) is 36.4 Å². The third-order valence-corrected chi connectivity index (χ3v) is 5.11. The number of fused-ring (bicyclic) bond motifs is 2. The summed E-state index contributed by atoms with van der Waals surface area (Å²) in [7, 11) is 0. The molecule has 166 valence electrons. The van der Waals surface area contributed by atoms with Crippen molar-refractivity contribution in [3.8, 4) is 22.8 Å². The van der Waals surface area contributed by atoms with Gasteiger partial charge in [0.1, 0.15) is 5.52 Å². The zero-order valence-electron chi connectivity index (χ0n) is 17.6. The van der Waals surface area contributed by atoms with Gasteiger partial charge in [-0.25, -0.2) is 4.79 Å². The largest absolute Gasteiger partial charge is 0.490 e. The molecule has 0 fully saturated rings. The highest BCUT2D eigenvalue weighted by Gasteiger charge is 2.16. The molecular weight excluding hydrogens is 424 g/mol. The van der Waals surface area contributed by atoms with Crippen LogP contribution in [0.25, 0.3) is 22.2 Å². The molecule has 3 aromatic carbocycles. The van der Waals surface area contributed by atoms with E-state index in [4.69, 9.17) is 18.7 Å². The smallest absolute Gasteiger partial charge is 0.338 e. The summed E-state index contributed by atoms with van der Waals surface area (Å²) in [6, 6.07) is 19.5. The second kappa shape index (κ2) is 9.04. The number of esters is 1. The number of carbonyl (C=O) groups excluding carboxylic acids is 2. The Hall–Kier alpha value is -4.33. The van der Waals surface area contributed by atoms with E-state index in [1.165, 1.54) is 0 Å². The maximum Gasteiger partial charge on any atom is 0.338 e. The van der Waals surface area contributed by atoms with Crippen molar-refractivity contribution in [3.05, 3.63) is 72.3 Å². The monoisotopic (exact) mass is 444 g/mol. The van der Waals surface area contributed by atoms with Crippen molar-refractivity contribution in [3.63, 3.8) is 0 Å². The predicted octanol–water partition coefficient (Wildman–Crippen LogP) is 4.45. The van der Waals surface area contributed by atoms with Gasteiger partial charge in [-0.05, 0) is 30.3 Å². The SMILES string of the molecule is O=C(COC(=O)c1ccc2noc(-c3ccccc3)c2c1)Nc1ccc2c(c1)OCCCO2. The Morgan fingerprint density at radius 3 is 2.61 bits per heavy atom. The molecule has 1 aliphatic rings. The molecule has 1 amide bonds. The maximum absolute atomic E-state index is 12.6. The first-order valence-corrected chi connectivity index (χ1v) is 10.5. The third-order valence-electron chi connectivity index (χ3n) is 5.11. The highest BCUT2D eigenvalue weighted by Crippen LogP contribution is 2.32. The van der Waals surface area contributed by atoms with Crippen molar-refractivity contribution in [1.29, 1.82) is 0 Å². The molecule has 1 N–H and O–H groups in total. The average Bonchev–Trinajstić information content (AvgIpc) is 3.13. The molecule has 1 aromatic heterocycles. The van der Waals surface area contributed by atoms with Gasteiger partial charge in [0.15, 0.2) is 23.9 Å². The average molecular weight is 444 g/mol. The zero-order valence-corrected chi connectivity index (χ0v) is 17.6. The van der Waals surface area contributed by atoms with Crippen molar-refractivity contribution in [1.82, 2.24) is 5.16 Å². The molecule has 2 heterocycles. The van der Waals surface area contributed by atoms with Crippen molar-refractivity contribution in [2.24, 2.45) is 0 Å². The fourth-order valence-corrected chi connectivity index (χ4v) is 3.52. The highest BCUT2D eigenvalue weighted by molar-refractivity contribution is 6.00. The topological polar surface area (TPSA) is 99.9 Å². The Labute approximate surface area is 189 Å². The Kier molecular flexibility index (Phi) is 5.63. The number of amides is 1.